The molecule has 0 bridgehead atoms. The predicted molar refractivity (Wildman–Crippen MR) is 71.3 cm³/mol. The van der Waals surface area contributed by atoms with E-state index in [1.54, 1.807) is 6.08 Å². The average molecular weight is 231 g/mol. The molecule has 1 aliphatic carbocycles. The van der Waals surface area contributed by atoms with Crippen molar-refractivity contribution in [3.8, 4) is 0 Å². The highest BCUT2D eigenvalue weighted by Crippen LogP contribution is 2.23. The van der Waals surface area contributed by atoms with Crippen LogP contribution >= 0.6 is 0 Å². The molecule has 2 heteroatoms. The number of aliphatic imine (C=N–C) groups is 1. The summed E-state index contributed by atoms with van der Waals surface area (Å²) >= 11 is 0. The summed E-state index contributed by atoms with van der Waals surface area (Å²) in [4.78, 5) is 16.1. The molecule has 2 rings (SSSR count). The molecule has 2 atom stereocenters. The van der Waals surface area contributed by atoms with Crippen molar-refractivity contribution < 1.29 is 4.79 Å². The van der Waals surface area contributed by atoms with Gasteiger partial charge in [-0.25, -0.2) is 0 Å². The Labute approximate surface area is 104 Å². The van der Waals surface area contributed by atoms with Gasteiger partial charge >= 0.3 is 0 Å². The lowest BCUT2D eigenvalue weighted by Gasteiger charge is -2.11. The van der Waals surface area contributed by atoms with E-state index < -0.39 is 0 Å². The standard InChI is InChI=1S/C15H21NO/c1-11-10-16-14(12(11)2)8-5-7-13-6-3-4-9-15(13)17/h4,7,9,11-12H,3,5-6,8,10H2,1-2H3/b13-7+. The molecule has 0 amide bonds. The van der Waals surface area contributed by atoms with Crippen molar-refractivity contribution in [1.29, 1.82) is 0 Å². The molecular weight excluding hydrogens is 210 g/mol. The molecule has 0 saturated heterocycles. The summed E-state index contributed by atoms with van der Waals surface area (Å²) in [6, 6.07) is 0. The van der Waals surface area contributed by atoms with E-state index in [0.717, 1.165) is 37.8 Å². The summed E-state index contributed by atoms with van der Waals surface area (Å²) < 4.78 is 0. The number of carbonyl (C=O) groups excluding carboxylic acids is 1. The van der Waals surface area contributed by atoms with E-state index in [9.17, 15) is 4.79 Å². The third kappa shape index (κ3) is 2.93. The van der Waals surface area contributed by atoms with Gasteiger partial charge in [-0.2, -0.15) is 0 Å². The minimum Gasteiger partial charge on any atom is -0.294 e. The minimum atomic E-state index is 0.200. The zero-order valence-corrected chi connectivity index (χ0v) is 10.8. The van der Waals surface area contributed by atoms with Gasteiger partial charge in [0.25, 0.3) is 0 Å². The van der Waals surface area contributed by atoms with Gasteiger partial charge in [-0.15, -0.1) is 0 Å². The lowest BCUT2D eigenvalue weighted by Crippen LogP contribution is -2.12. The second kappa shape index (κ2) is 5.44. The molecule has 0 aromatic rings. The first-order chi connectivity index (χ1) is 8.18. The van der Waals surface area contributed by atoms with E-state index >= 15 is 0 Å². The van der Waals surface area contributed by atoms with Crippen LogP contribution in [0.15, 0.2) is 28.8 Å². The third-order valence-electron chi connectivity index (χ3n) is 3.92. The topological polar surface area (TPSA) is 29.4 Å². The number of nitrogens with zero attached hydrogens (tertiary/aromatic N) is 1. The lowest BCUT2D eigenvalue weighted by molar-refractivity contribution is -0.111. The molecule has 2 unspecified atom stereocenters. The molecule has 2 nitrogen and oxygen atoms in total. The SMILES string of the molecule is CC1CN=C(CC/C=C2\CCC=CC2=O)C1C. The molecule has 1 aliphatic heterocycles. The molecule has 0 aromatic carbocycles. The van der Waals surface area contributed by atoms with Crippen molar-refractivity contribution in [2.45, 2.75) is 39.5 Å². The number of carbonyl (C=O) groups is 1. The molecule has 0 saturated carbocycles. The number of rotatable bonds is 3. The van der Waals surface area contributed by atoms with E-state index in [1.165, 1.54) is 5.71 Å². The molecule has 0 spiro atoms. The Morgan fingerprint density at radius 3 is 2.94 bits per heavy atom. The van der Waals surface area contributed by atoms with Crippen molar-refractivity contribution in [3.05, 3.63) is 23.8 Å². The van der Waals surface area contributed by atoms with Crippen LogP contribution in [0.5, 0.6) is 0 Å². The van der Waals surface area contributed by atoms with Gasteiger partial charge in [0.05, 0.1) is 0 Å². The fraction of sp³-hybridized carbons (Fsp3) is 0.600. The van der Waals surface area contributed by atoms with E-state index in [1.807, 2.05) is 6.08 Å². The largest absolute Gasteiger partial charge is 0.294 e. The van der Waals surface area contributed by atoms with Gasteiger partial charge in [-0.05, 0) is 49.2 Å². The van der Waals surface area contributed by atoms with Crippen LogP contribution in [0.4, 0.5) is 0 Å². The van der Waals surface area contributed by atoms with Gasteiger partial charge in [-0.1, -0.05) is 26.0 Å². The van der Waals surface area contributed by atoms with Crippen LogP contribution in [0.25, 0.3) is 0 Å². The number of allylic oxidation sites excluding steroid dienone is 4. The number of ketones is 1. The van der Waals surface area contributed by atoms with Crippen molar-refractivity contribution >= 4 is 11.5 Å². The number of hydrogen-bond donors (Lipinski definition) is 0. The monoisotopic (exact) mass is 231 g/mol. The van der Waals surface area contributed by atoms with E-state index in [2.05, 4.69) is 24.9 Å². The molecule has 0 N–H and O–H groups in total. The fourth-order valence-electron chi connectivity index (χ4n) is 2.45. The maximum Gasteiger partial charge on any atom is 0.181 e. The average Bonchev–Trinajstić information content (AvgIpc) is 2.63. The first kappa shape index (κ1) is 12.3. The van der Waals surface area contributed by atoms with Crippen LogP contribution in [-0.4, -0.2) is 18.0 Å². The summed E-state index contributed by atoms with van der Waals surface area (Å²) in [5, 5.41) is 0. The van der Waals surface area contributed by atoms with E-state index in [0.29, 0.717) is 11.8 Å². The molecule has 0 aromatic heterocycles. The van der Waals surface area contributed by atoms with Crippen LogP contribution in [-0.2, 0) is 4.79 Å². The summed E-state index contributed by atoms with van der Waals surface area (Å²) in [7, 11) is 0. The highest BCUT2D eigenvalue weighted by Gasteiger charge is 2.22. The summed E-state index contributed by atoms with van der Waals surface area (Å²) in [5.74, 6) is 1.51. The van der Waals surface area contributed by atoms with Gasteiger partial charge < -0.3 is 0 Å². The second-order valence-corrected chi connectivity index (χ2v) is 5.17. The smallest absolute Gasteiger partial charge is 0.181 e. The van der Waals surface area contributed by atoms with Gasteiger partial charge in [0.15, 0.2) is 5.78 Å². The minimum absolute atomic E-state index is 0.200. The third-order valence-corrected chi connectivity index (χ3v) is 3.92. The summed E-state index contributed by atoms with van der Waals surface area (Å²) in [6.45, 7) is 5.50. The van der Waals surface area contributed by atoms with E-state index in [4.69, 9.17) is 0 Å². The van der Waals surface area contributed by atoms with Crippen LogP contribution in [0.3, 0.4) is 0 Å². The Balaban J connectivity index is 1.85. The van der Waals surface area contributed by atoms with Crippen LogP contribution in [0.1, 0.15) is 39.5 Å². The molecule has 0 fully saturated rings. The Hall–Kier alpha value is -1.18. The molecule has 2 aliphatic rings. The Kier molecular flexibility index (Phi) is 3.93. The zero-order chi connectivity index (χ0) is 12.3. The quantitative estimate of drug-likeness (QED) is 0.685. The summed E-state index contributed by atoms with van der Waals surface area (Å²) in [5.41, 5.74) is 2.33. The highest BCUT2D eigenvalue weighted by atomic mass is 16.1. The second-order valence-electron chi connectivity index (χ2n) is 5.17. The first-order valence-electron chi connectivity index (χ1n) is 6.61. The molecule has 17 heavy (non-hydrogen) atoms. The predicted octanol–water partition coefficient (Wildman–Crippen LogP) is 3.34. The van der Waals surface area contributed by atoms with Crippen molar-refractivity contribution in [1.82, 2.24) is 0 Å². The van der Waals surface area contributed by atoms with Crippen LogP contribution < -0.4 is 0 Å². The normalized spacial score (nSPS) is 31.1. The Morgan fingerprint density at radius 2 is 2.29 bits per heavy atom. The van der Waals surface area contributed by atoms with Crippen LogP contribution in [0.2, 0.25) is 0 Å². The van der Waals surface area contributed by atoms with Crippen molar-refractivity contribution in [3.63, 3.8) is 0 Å². The molecular formula is C15H21NO. The van der Waals surface area contributed by atoms with Crippen molar-refractivity contribution in [2.24, 2.45) is 16.8 Å². The van der Waals surface area contributed by atoms with Gasteiger partial charge in [0.1, 0.15) is 0 Å². The number of hydrogen-bond acceptors (Lipinski definition) is 2. The molecule has 92 valence electrons. The summed E-state index contributed by atoms with van der Waals surface area (Å²) in [6.07, 6.45) is 9.68. The highest BCUT2D eigenvalue weighted by molar-refractivity contribution is 6.04. The van der Waals surface area contributed by atoms with E-state index in [-0.39, 0.29) is 5.78 Å². The molecule has 1 heterocycles. The Morgan fingerprint density at radius 1 is 1.47 bits per heavy atom. The van der Waals surface area contributed by atoms with Gasteiger partial charge in [0, 0.05) is 12.3 Å². The lowest BCUT2D eigenvalue weighted by atomic mass is 9.91. The van der Waals surface area contributed by atoms with Gasteiger partial charge in [-0.3, -0.25) is 9.79 Å². The van der Waals surface area contributed by atoms with Gasteiger partial charge in [0.2, 0.25) is 0 Å². The zero-order valence-electron chi connectivity index (χ0n) is 10.8. The fourth-order valence-corrected chi connectivity index (χ4v) is 2.45. The van der Waals surface area contributed by atoms with Crippen LogP contribution in [0, 0.1) is 11.8 Å². The van der Waals surface area contributed by atoms with Crippen molar-refractivity contribution in [2.75, 3.05) is 6.54 Å². The molecule has 0 radical (unpaired) electrons. The maximum atomic E-state index is 11.6. The Bertz CT molecular complexity index is 390. The first-order valence-corrected chi connectivity index (χ1v) is 6.61. The maximum absolute atomic E-state index is 11.6.